The molecule has 2 rings (SSSR count). The van der Waals surface area contributed by atoms with Crippen LogP contribution in [0, 0.1) is 5.41 Å². The van der Waals surface area contributed by atoms with Crippen LogP contribution in [0.5, 0.6) is 0 Å². The summed E-state index contributed by atoms with van der Waals surface area (Å²) in [4.78, 5) is 0. The molecular weight excluding hydrogens is 304 g/mol. The van der Waals surface area contributed by atoms with E-state index in [4.69, 9.17) is 17.6 Å². The first kappa shape index (κ1) is 17.7. The fourth-order valence-electron chi connectivity index (χ4n) is 3.14. The van der Waals surface area contributed by atoms with E-state index in [-0.39, 0.29) is 5.96 Å². The topological polar surface area (TPSA) is 59.9 Å². The second kappa shape index (κ2) is 8.87. The summed E-state index contributed by atoms with van der Waals surface area (Å²) >= 11 is 5.35. The summed E-state index contributed by atoms with van der Waals surface area (Å²) in [6.07, 6.45) is 8.06. The van der Waals surface area contributed by atoms with Crippen LogP contribution < -0.4 is 16.0 Å². The van der Waals surface area contributed by atoms with Crippen molar-refractivity contribution in [3.8, 4) is 0 Å². The third-order valence-corrected chi connectivity index (χ3v) is 4.65. The van der Waals surface area contributed by atoms with Crippen molar-refractivity contribution in [2.45, 2.75) is 64.8 Å². The Labute approximate surface area is 144 Å². The van der Waals surface area contributed by atoms with Crippen LogP contribution in [0.1, 0.15) is 57.1 Å². The molecule has 0 bridgehead atoms. The van der Waals surface area contributed by atoms with E-state index in [1.165, 1.54) is 43.2 Å². The van der Waals surface area contributed by atoms with Crippen LogP contribution in [0.2, 0.25) is 0 Å². The van der Waals surface area contributed by atoms with Gasteiger partial charge >= 0.3 is 0 Å². The van der Waals surface area contributed by atoms with E-state index in [1.807, 2.05) is 0 Å². The Bertz CT molecular complexity index is 528. The van der Waals surface area contributed by atoms with Crippen molar-refractivity contribution in [3.63, 3.8) is 0 Å². The molecule has 23 heavy (non-hydrogen) atoms. The lowest BCUT2D eigenvalue weighted by Gasteiger charge is -2.25. The van der Waals surface area contributed by atoms with Gasteiger partial charge in [0.15, 0.2) is 11.1 Å². The van der Waals surface area contributed by atoms with Crippen LogP contribution in [-0.2, 0) is 12.8 Å². The second-order valence-electron chi connectivity index (χ2n) is 6.09. The summed E-state index contributed by atoms with van der Waals surface area (Å²) < 4.78 is 0. The predicted molar refractivity (Wildman–Crippen MR) is 102 cm³/mol. The first-order chi connectivity index (χ1) is 11.1. The molecule has 5 heteroatoms. The van der Waals surface area contributed by atoms with Crippen molar-refractivity contribution in [3.05, 3.63) is 29.3 Å². The smallest absolute Gasteiger partial charge is 0.199 e. The summed E-state index contributed by atoms with van der Waals surface area (Å²) in [5.74, 6) is 0.230. The van der Waals surface area contributed by atoms with E-state index >= 15 is 0 Å². The number of hydrogen-bond donors (Lipinski definition) is 4. The van der Waals surface area contributed by atoms with Gasteiger partial charge in [-0.25, -0.2) is 0 Å². The first-order valence-electron chi connectivity index (χ1n) is 8.67. The molecule has 1 aliphatic rings. The van der Waals surface area contributed by atoms with Crippen LogP contribution in [0.15, 0.2) is 18.2 Å². The van der Waals surface area contributed by atoms with E-state index in [2.05, 4.69) is 48.0 Å². The van der Waals surface area contributed by atoms with E-state index in [9.17, 15) is 0 Å². The number of anilines is 1. The van der Waals surface area contributed by atoms with Gasteiger partial charge in [-0.2, -0.15) is 0 Å². The molecule has 126 valence electrons. The van der Waals surface area contributed by atoms with Crippen molar-refractivity contribution < 1.29 is 0 Å². The average molecular weight is 333 g/mol. The highest BCUT2D eigenvalue weighted by molar-refractivity contribution is 7.80. The molecule has 0 saturated heterocycles. The van der Waals surface area contributed by atoms with Crippen molar-refractivity contribution in [1.82, 2.24) is 10.6 Å². The lowest BCUT2D eigenvalue weighted by molar-refractivity contribution is 0.413. The van der Waals surface area contributed by atoms with Crippen LogP contribution >= 0.6 is 12.2 Å². The molecule has 0 aliphatic heterocycles. The molecule has 1 saturated carbocycles. The molecule has 0 atom stereocenters. The molecule has 0 unspecified atom stereocenters. The average Bonchev–Trinajstić information content (AvgIpc) is 2.55. The molecule has 1 aromatic carbocycles. The molecule has 1 aromatic rings. The highest BCUT2D eigenvalue weighted by Crippen LogP contribution is 2.22. The van der Waals surface area contributed by atoms with Gasteiger partial charge in [0.05, 0.1) is 0 Å². The highest BCUT2D eigenvalue weighted by atomic mass is 32.1. The Morgan fingerprint density at radius 2 is 1.74 bits per heavy atom. The summed E-state index contributed by atoms with van der Waals surface area (Å²) in [6, 6.07) is 6.74. The quantitative estimate of drug-likeness (QED) is 0.383. The van der Waals surface area contributed by atoms with Gasteiger partial charge in [-0.3, -0.25) is 5.41 Å². The van der Waals surface area contributed by atoms with Crippen LogP contribution in [-0.4, -0.2) is 17.1 Å². The summed E-state index contributed by atoms with van der Waals surface area (Å²) in [5, 5.41) is 18.2. The standard InChI is InChI=1S/C18H28N4S/c1-3-13-9-8-10-14(4-2)16(13)21-17(19)22-18(23)20-15-11-6-5-7-12-15/h8-10,15H,3-7,11-12H2,1-2H3,(H4,19,20,21,22,23). The minimum atomic E-state index is 0.230. The number of aryl methyl sites for hydroxylation is 2. The minimum absolute atomic E-state index is 0.230. The Morgan fingerprint density at radius 1 is 1.13 bits per heavy atom. The number of rotatable bonds is 4. The number of hydrogen-bond acceptors (Lipinski definition) is 2. The second-order valence-corrected chi connectivity index (χ2v) is 6.50. The molecule has 1 aliphatic carbocycles. The first-order valence-corrected chi connectivity index (χ1v) is 9.08. The van der Waals surface area contributed by atoms with Crippen LogP contribution in [0.4, 0.5) is 5.69 Å². The molecule has 0 radical (unpaired) electrons. The normalized spacial score (nSPS) is 15.0. The van der Waals surface area contributed by atoms with Gasteiger partial charge in [0.25, 0.3) is 0 Å². The molecule has 4 nitrogen and oxygen atoms in total. The number of nitrogens with one attached hydrogen (secondary N) is 4. The van der Waals surface area contributed by atoms with Gasteiger partial charge < -0.3 is 16.0 Å². The maximum absolute atomic E-state index is 8.17. The van der Waals surface area contributed by atoms with Crippen molar-refractivity contribution in [1.29, 1.82) is 5.41 Å². The zero-order valence-electron chi connectivity index (χ0n) is 14.2. The largest absolute Gasteiger partial charge is 0.360 e. The maximum atomic E-state index is 8.17. The monoisotopic (exact) mass is 332 g/mol. The van der Waals surface area contributed by atoms with E-state index in [0.717, 1.165) is 18.5 Å². The molecule has 0 aromatic heterocycles. The van der Waals surface area contributed by atoms with Crippen molar-refractivity contribution >= 4 is 29.0 Å². The highest BCUT2D eigenvalue weighted by Gasteiger charge is 2.15. The molecule has 0 amide bonds. The fraction of sp³-hybridized carbons (Fsp3) is 0.556. The zero-order valence-corrected chi connectivity index (χ0v) is 15.0. The van der Waals surface area contributed by atoms with Gasteiger partial charge in [-0.1, -0.05) is 51.3 Å². The van der Waals surface area contributed by atoms with Gasteiger partial charge in [-0.05, 0) is 49.0 Å². The Kier molecular flexibility index (Phi) is 6.84. The van der Waals surface area contributed by atoms with Gasteiger partial charge in [0.1, 0.15) is 0 Å². The van der Waals surface area contributed by atoms with Crippen LogP contribution in [0.25, 0.3) is 0 Å². The van der Waals surface area contributed by atoms with E-state index < -0.39 is 0 Å². The van der Waals surface area contributed by atoms with Crippen molar-refractivity contribution in [2.75, 3.05) is 5.32 Å². The molecule has 0 spiro atoms. The molecule has 4 N–H and O–H groups in total. The predicted octanol–water partition coefficient (Wildman–Crippen LogP) is 3.95. The summed E-state index contributed by atoms with van der Waals surface area (Å²) in [6.45, 7) is 4.26. The summed E-state index contributed by atoms with van der Waals surface area (Å²) in [5.41, 5.74) is 3.49. The van der Waals surface area contributed by atoms with Gasteiger partial charge in [0, 0.05) is 11.7 Å². The lowest BCUT2D eigenvalue weighted by atomic mass is 9.96. The number of benzene rings is 1. The lowest BCUT2D eigenvalue weighted by Crippen LogP contribution is -2.46. The van der Waals surface area contributed by atoms with E-state index in [1.54, 1.807) is 0 Å². The minimum Gasteiger partial charge on any atom is -0.360 e. The molecule has 1 fully saturated rings. The third-order valence-electron chi connectivity index (χ3n) is 4.43. The number of thiocarbonyl (C=S) groups is 1. The summed E-state index contributed by atoms with van der Waals surface area (Å²) in [7, 11) is 0. The van der Waals surface area contributed by atoms with E-state index in [0.29, 0.717) is 11.2 Å². The van der Waals surface area contributed by atoms with Gasteiger partial charge in [0.2, 0.25) is 0 Å². The molecular formula is C18H28N4S. The van der Waals surface area contributed by atoms with Gasteiger partial charge in [-0.15, -0.1) is 0 Å². The third kappa shape index (κ3) is 5.20. The number of guanidine groups is 1. The Morgan fingerprint density at radius 3 is 2.30 bits per heavy atom. The Balaban J connectivity index is 1.92. The SMILES string of the molecule is CCc1cccc(CC)c1NC(=N)NC(=S)NC1CCCCC1. The fourth-order valence-corrected chi connectivity index (χ4v) is 3.41. The maximum Gasteiger partial charge on any atom is 0.199 e. The number of para-hydroxylation sites is 1. The molecule has 0 heterocycles. The zero-order chi connectivity index (χ0) is 16.7. The van der Waals surface area contributed by atoms with Crippen molar-refractivity contribution in [2.24, 2.45) is 0 Å². The Hall–Kier alpha value is -1.62. The van der Waals surface area contributed by atoms with Crippen LogP contribution in [0.3, 0.4) is 0 Å².